The van der Waals surface area contributed by atoms with E-state index in [-0.39, 0.29) is 0 Å². The molecule has 90 valence electrons. The number of aromatic nitrogens is 2. The number of hydrogen-bond acceptors (Lipinski definition) is 3. The van der Waals surface area contributed by atoms with Gasteiger partial charge in [0.25, 0.3) is 0 Å². The van der Waals surface area contributed by atoms with Crippen LogP contribution in [0.15, 0.2) is 22.7 Å². The molecule has 0 amide bonds. The number of rotatable bonds is 2. The average molecular weight is 295 g/mol. The molecule has 1 aromatic carbocycles. The first kappa shape index (κ1) is 12.0. The normalized spacial score (nSPS) is 10.8. The van der Waals surface area contributed by atoms with Gasteiger partial charge in [0.05, 0.1) is 0 Å². The predicted octanol–water partition coefficient (Wildman–Crippen LogP) is 2.48. The topological polar surface area (TPSA) is 69.9 Å². The zero-order valence-corrected chi connectivity index (χ0v) is 11.5. The Morgan fingerprint density at radius 1 is 1.41 bits per heavy atom. The lowest BCUT2D eigenvalue weighted by Gasteiger charge is -2.04. The molecule has 0 aliphatic heterocycles. The summed E-state index contributed by atoms with van der Waals surface area (Å²) >= 11 is 3.53. The van der Waals surface area contributed by atoms with Gasteiger partial charge in [0.2, 0.25) is 0 Å². The Labute approximate surface area is 109 Å². The van der Waals surface area contributed by atoms with Gasteiger partial charge in [-0.15, -0.1) is 0 Å². The Kier molecular flexibility index (Phi) is 3.11. The summed E-state index contributed by atoms with van der Waals surface area (Å²) in [6.07, 6.45) is 0.754. The second kappa shape index (κ2) is 4.41. The zero-order chi connectivity index (χ0) is 12.6. The number of nitrogens with zero attached hydrogens (tertiary/aromatic N) is 2. The predicted molar refractivity (Wildman–Crippen MR) is 74.0 cm³/mol. The molecular weight excluding hydrogens is 280 g/mol. The van der Waals surface area contributed by atoms with Crippen molar-refractivity contribution in [3.63, 3.8) is 0 Å². The van der Waals surface area contributed by atoms with Gasteiger partial charge in [-0.25, -0.2) is 9.66 Å². The molecule has 0 aliphatic carbocycles. The van der Waals surface area contributed by atoms with Gasteiger partial charge in [0.15, 0.2) is 5.82 Å². The van der Waals surface area contributed by atoms with Crippen LogP contribution in [-0.4, -0.2) is 9.66 Å². The average Bonchev–Trinajstić information content (AvgIpc) is 2.57. The van der Waals surface area contributed by atoms with Gasteiger partial charge in [-0.05, 0) is 18.6 Å². The molecule has 0 aliphatic rings. The maximum Gasteiger partial charge on any atom is 0.150 e. The number of imidazole rings is 1. The van der Waals surface area contributed by atoms with Crippen molar-refractivity contribution in [3.8, 4) is 11.3 Å². The molecule has 0 fully saturated rings. The Bertz CT molecular complexity index is 560. The summed E-state index contributed by atoms with van der Waals surface area (Å²) in [4.78, 5) is 4.47. The molecule has 5 heteroatoms. The van der Waals surface area contributed by atoms with Crippen molar-refractivity contribution in [2.75, 3.05) is 11.6 Å². The molecule has 0 bridgehead atoms. The number of anilines is 1. The summed E-state index contributed by atoms with van der Waals surface area (Å²) in [5, 5.41) is 0. The molecule has 0 saturated carbocycles. The molecule has 1 aromatic heterocycles. The molecule has 0 saturated heterocycles. The van der Waals surface area contributed by atoms with Crippen LogP contribution >= 0.6 is 15.9 Å². The van der Waals surface area contributed by atoms with Crippen LogP contribution in [-0.2, 0) is 6.42 Å². The summed E-state index contributed by atoms with van der Waals surface area (Å²) < 4.78 is 2.42. The van der Waals surface area contributed by atoms with Crippen LogP contribution in [0, 0.1) is 6.92 Å². The molecule has 17 heavy (non-hydrogen) atoms. The lowest BCUT2D eigenvalue weighted by atomic mass is 10.1. The highest BCUT2D eigenvalue weighted by molar-refractivity contribution is 9.10. The Balaban J connectivity index is 2.60. The van der Waals surface area contributed by atoms with Gasteiger partial charge in [0.1, 0.15) is 11.5 Å². The molecular formula is C12H15BrN4. The molecule has 0 atom stereocenters. The summed E-state index contributed by atoms with van der Waals surface area (Å²) in [6, 6.07) is 6.06. The number of hydrogen-bond donors (Lipinski definition) is 2. The number of aryl methyl sites for hydroxylation is 2. The van der Waals surface area contributed by atoms with Crippen molar-refractivity contribution in [1.82, 2.24) is 9.66 Å². The number of halogens is 1. The lowest BCUT2D eigenvalue weighted by molar-refractivity contribution is 0.865. The fraction of sp³-hybridized carbons (Fsp3) is 0.250. The molecule has 0 unspecified atom stereocenters. The Morgan fingerprint density at radius 2 is 2.12 bits per heavy atom. The van der Waals surface area contributed by atoms with E-state index in [2.05, 4.69) is 20.9 Å². The molecule has 1 heterocycles. The van der Waals surface area contributed by atoms with Crippen LogP contribution in [0.1, 0.15) is 18.3 Å². The van der Waals surface area contributed by atoms with E-state index >= 15 is 0 Å². The van der Waals surface area contributed by atoms with Gasteiger partial charge < -0.3 is 11.6 Å². The summed E-state index contributed by atoms with van der Waals surface area (Å²) in [5.74, 6) is 7.12. The quantitative estimate of drug-likeness (QED) is 0.836. The fourth-order valence-corrected chi connectivity index (χ4v) is 2.43. The van der Waals surface area contributed by atoms with Crippen LogP contribution in [0.4, 0.5) is 5.82 Å². The van der Waals surface area contributed by atoms with E-state index in [1.54, 1.807) is 0 Å². The number of benzene rings is 1. The third kappa shape index (κ3) is 2.02. The van der Waals surface area contributed by atoms with E-state index in [1.165, 1.54) is 10.2 Å². The number of nitrogen functional groups attached to an aromatic ring is 2. The van der Waals surface area contributed by atoms with E-state index in [9.17, 15) is 0 Å². The van der Waals surface area contributed by atoms with Gasteiger partial charge in [0, 0.05) is 16.5 Å². The molecule has 0 spiro atoms. The van der Waals surface area contributed by atoms with Crippen LogP contribution in [0.2, 0.25) is 0 Å². The van der Waals surface area contributed by atoms with E-state index in [1.807, 2.05) is 32.0 Å². The van der Waals surface area contributed by atoms with Crippen molar-refractivity contribution in [2.45, 2.75) is 20.3 Å². The van der Waals surface area contributed by atoms with E-state index < -0.39 is 0 Å². The lowest BCUT2D eigenvalue weighted by Crippen LogP contribution is -2.14. The first-order valence-electron chi connectivity index (χ1n) is 5.43. The maximum absolute atomic E-state index is 5.97. The largest absolute Gasteiger partial charge is 0.382 e. The second-order valence-corrected chi connectivity index (χ2v) is 4.82. The standard InChI is InChI=1S/C12H15BrN4/c1-3-10-16-11(12(14)17(10)15)8-5-4-7(2)6-9(8)13/h4-6H,3,14-15H2,1-2H3. The summed E-state index contributed by atoms with van der Waals surface area (Å²) in [6.45, 7) is 4.04. The fourth-order valence-electron chi connectivity index (χ4n) is 1.75. The summed E-state index contributed by atoms with van der Waals surface area (Å²) in [5.41, 5.74) is 8.85. The number of nitrogens with two attached hydrogens (primary N) is 2. The van der Waals surface area contributed by atoms with Crippen LogP contribution < -0.4 is 11.6 Å². The minimum atomic E-state index is 0.492. The zero-order valence-electron chi connectivity index (χ0n) is 9.87. The SMILES string of the molecule is CCc1nc(-c2ccc(C)cc2Br)c(N)n1N. The van der Waals surface area contributed by atoms with Crippen LogP contribution in [0.5, 0.6) is 0 Å². The molecule has 2 rings (SSSR count). The second-order valence-electron chi connectivity index (χ2n) is 3.97. The van der Waals surface area contributed by atoms with Gasteiger partial charge in [-0.1, -0.05) is 35.0 Å². The van der Waals surface area contributed by atoms with E-state index in [4.69, 9.17) is 11.6 Å². The third-order valence-corrected chi connectivity index (χ3v) is 3.37. The van der Waals surface area contributed by atoms with Gasteiger partial charge >= 0.3 is 0 Å². The van der Waals surface area contributed by atoms with E-state index in [0.29, 0.717) is 5.82 Å². The van der Waals surface area contributed by atoms with Crippen molar-refractivity contribution >= 4 is 21.7 Å². The van der Waals surface area contributed by atoms with Crippen molar-refractivity contribution in [1.29, 1.82) is 0 Å². The highest BCUT2D eigenvalue weighted by Crippen LogP contribution is 2.32. The van der Waals surface area contributed by atoms with Crippen molar-refractivity contribution in [3.05, 3.63) is 34.1 Å². The molecule has 4 N–H and O–H groups in total. The van der Waals surface area contributed by atoms with Crippen LogP contribution in [0.3, 0.4) is 0 Å². The molecule has 0 radical (unpaired) electrons. The van der Waals surface area contributed by atoms with Crippen molar-refractivity contribution < 1.29 is 0 Å². The third-order valence-electron chi connectivity index (χ3n) is 2.72. The van der Waals surface area contributed by atoms with Crippen molar-refractivity contribution in [2.24, 2.45) is 0 Å². The van der Waals surface area contributed by atoms with Gasteiger partial charge in [-0.3, -0.25) is 0 Å². The van der Waals surface area contributed by atoms with Gasteiger partial charge in [-0.2, -0.15) is 0 Å². The Morgan fingerprint density at radius 3 is 2.65 bits per heavy atom. The smallest absolute Gasteiger partial charge is 0.150 e. The minimum absolute atomic E-state index is 0.492. The maximum atomic E-state index is 5.97. The molecule has 2 aromatic rings. The Hall–Kier alpha value is -1.49. The summed E-state index contributed by atoms with van der Waals surface area (Å²) in [7, 11) is 0. The minimum Gasteiger partial charge on any atom is -0.382 e. The van der Waals surface area contributed by atoms with Crippen LogP contribution in [0.25, 0.3) is 11.3 Å². The highest BCUT2D eigenvalue weighted by Gasteiger charge is 2.15. The highest BCUT2D eigenvalue weighted by atomic mass is 79.9. The monoisotopic (exact) mass is 294 g/mol. The first-order valence-corrected chi connectivity index (χ1v) is 6.22. The first-order chi connectivity index (χ1) is 8.04. The van der Waals surface area contributed by atoms with E-state index in [0.717, 1.165) is 28.0 Å². The molecule has 4 nitrogen and oxygen atoms in total.